The molecule has 1 unspecified atom stereocenters. The lowest BCUT2D eigenvalue weighted by Gasteiger charge is -2.16. The number of hydrogen-bond acceptors (Lipinski definition) is 2. The van der Waals surface area contributed by atoms with Gasteiger partial charge < -0.3 is 9.84 Å². The van der Waals surface area contributed by atoms with Crippen molar-refractivity contribution in [2.45, 2.75) is 19.1 Å². The van der Waals surface area contributed by atoms with Crippen LogP contribution < -0.4 is 4.74 Å². The first-order valence-corrected chi connectivity index (χ1v) is 6.92. The quantitative estimate of drug-likeness (QED) is 0.852. The summed E-state index contributed by atoms with van der Waals surface area (Å²) >= 11 is 3.20. The summed E-state index contributed by atoms with van der Waals surface area (Å²) < 4.78 is 42.6. The number of benzene rings is 2. The zero-order valence-electron chi connectivity index (χ0n) is 10.8. The molecule has 0 aromatic heterocycles. The second-order valence-corrected chi connectivity index (χ2v) is 5.23. The minimum atomic E-state index is -2.96. The van der Waals surface area contributed by atoms with E-state index in [0.29, 0.717) is 10.0 Å². The van der Waals surface area contributed by atoms with Gasteiger partial charge in [-0.25, -0.2) is 4.39 Å². The predicted octanol–water partition coefficient (Wildman–Crippen LogP) is 4.47. The van der Waals surface area contributed by atoms with Crippen LogP contribution in [-0.2, 0) is 6.42 Å². The molecular formula is C15H12BrF3O2. The molecule has 0 spiro atoms. The minimum Gasteiger partial charge on any atom is -0.434 e. The Kier molecular flexibility index (Phi) is 5.25. The van der Waals surface area contributed by atoms with E-state index in [-0.39, 0.29) is 17.7 Å². The molecule has 0 aliphatic rings. The second kappa shape index (κ2) is 6.95. The van der Waals surface area contributed by atoms with E-state index in [1.54, 1.807) is 12.1 Å². The molecule has 0 saturated heterocycles. The Balaban J connectivity index is 2.22. The molecule has 0 aliphatic heterocycles. The zero-order chi connectivity index (χ0) is 15.4. The van der Waals surface area contributed by atoms with Gasteiger partial charge >= 0.3 is 6.61 Å². The molecule has 21 heavy (non-hydrogen) atoms. The zero-order valence-corrected chi connectivity index (χ0v) is 12.4. The number of aliphatic hydroxyl groups is 1. The van der Waals surface area contributed by atoms with Crippen LogP contribution in [0.25, 0.3) is 0 Å². The van der Waals surface area contributed by atoms with Crippen molar-refractivity contribution in [3.63, 3.8) is 0 Å². The summed E-state index contributed by atoms with van der Waals surface area (Å²) in [6.07, 6.45) is -0.897. The van der Waals surface area contributed by atoms with Crippen LogP contribution in [0.5, 0.6) is 5.75 Å². The van der Waals surface area contributed by atoms with Crippen LogP contribution in [0.3, 0.4) is 0 Å². The predicted molar refractivity (Wildman–Crippen MR) is 75.8 cm³/mol. The number of para-hydroxylation sites is 1. The van der Waals surface area contributed by atoms with Gasteiger partial charge in [0, 0.05) is 16.5 Å². The van der Waals surface area contributed by atoms with Gasteiger partial charge in [0.05, 0.1) is 6.10 Å². The maximum Gasteiger partial charge on any atom is 0.387 e. The van der Waals surface area contributed by atoms with Crippen molar-refractivity contribution >= 4 is 15.9 Å². The minimum absolute atomic E-state index is 0.0711. The van der Waals surface area contributed by atoms with Gasteiger partial charge in [0.25, 0.3) is 0 Å². The van der Waals surface area contributed by atoms with Crippen LogP contribution in [-0.4, -0.2) is 11.7 Å². The summed E-state index contributed by atoms with van der Waals surface area (Å²) in [5.74, 6) is -0.472. The van der Waals surface area contributed by atoms with Crippen LogP contribution in [0, 0.1) is 5.82 Å². The maximum atomic E-state index is 13.0. The third-order valence-electron chi connectivity index (χ3n) is 2.92. The topological polar surface area (TPSA) is 29.5 Å². The standard InChI is InChI=1S/C15H12BrF3O2/c16-12-8-10(17)6-5-9(12)7-13(20)11-3-1-2-4-14(11)21-15(18)19/h1-6,8,13,15,20H,7H2. The summed E-state index contributed by atoms with van der Waals surface area (Å²) in [4.78, 5) is 0. The monoisotopic (exact) mass is 360 g/mol. The molecule has 0 heterocycles. The molecule has 0 radical (unpaired) electrons. The van der Waals surface area contributed by atoms with E-state index in [9.17, 15) is 18.3 Å². The van der Waals surface area contributed by atoms with Crippen LogP contribution in [0.2, 0.25) is 0 Å². The Hall–Kier alpha value is -1.53. The van der Waals surface area contributed by atoms with Crippen molar-refractivity contribution in [1.29, 1.82) is 0 Å². The van der Waals surface area contributed by atoms with E-state index in [1.165, 1.54) is 30.3 Å². The Bertz CT molecular complexity index is 620. The van der Waals surface area contributed by atoms with Gasteiger partial charge in [-0.2, -0.15) is 8.78 Å². The highest BCUT2D eigenvalue weighted by Gasteiger charge is 2.17. The third kappa shape index (κ3) is 4.22. The van der Waals surface area contributed by atoms with Crippen LogP contribution in [0.4, 0.5) is 13.2 Å². The fourth-order valence-corrected chi connectivity index (χ4v) is 2.48. The molecule has 2 nitrogen and oxygen atoms in total. The van der Waals surface area contributed by atoms with Gasteiger partial charge in [-0.15, -0.1) is 0 Å². The average Bonchev–Trinajstić information content (AvgIpc) is 2.42. The van der Waals surface area contributed by atoms with Gasteiger partial charge in [-0.05, 0) is 23.8 Å². The highest BCUT2D eigenvalue weighted by Crippen LogP contribution is 2.30. The average molecular weight is 361 g/mol. The molecule has 0 aliphatic carbocycles. The second-order valence-electron chi connectivity index (χ2n) is 4.37. The number of aliphatic hydroxyl groups excluding tert-OH is 1. The Morgan fingerprint density at radius 1 is 1.14 bits per heavy atom. The van der Waals surface area contributed by atoms with Crippen molar-refractivity contribution in [2.24, 2.45) is 0 Å². The van der Waals surface area contributed by atoms with Gasteiger partial charge in [0.15, 0.2) is 0 Å². The van der Waals surface area contributed by atoms with Crippen LogP contribution in [0.1, 0.15) is 17.2 Å². The van der Waals surface area contributed by atoms with Crippen LogP contribution in [0.15, 0.2) is 46.9 Å². The van der Waals surface area contributed by atoms with E-state index in [2.05, 4.69) is 20.7 Å². The van der Waals surface area contributed by atoms with E-state index in [0.717, 1.165) is 0 Å². The first-order chi connectivity index (χ1) is 9.97. The molecule has 1 atom stereocenters. The summed E-state index contributed by atoms with van der Waals surface area (Å²) in [5, 5.41) is 10.2. The molecule has 0 fully saturated rings. The third-order valence-corrected chi connectivity index (χ3v) is 3.66. The molecule has 2 aromatic carbocycles. The molecule has 2 aromatic rings. The normalized spacial score (nSPS) is 12.5. The van der Waals surface area contributed by atoms with Gasteiger partial charge in [0.1, 0.15) is 11.6 Å². The maximum absolute atomic E-state index is 13.0. The molecule has 112 valence electrons. The molecule has 1 N–H and O–H groups in total. The smallest absolute Gasteiger partial charge is 0.387 e. The lowest BCUT2D eigenvalue weighted by molar-refractivity contribution is -0.0515. The molecule has 2 rings (SSSR count). The molecule has 6 heteroatoms. The van der Waals surface area contributed by atoms with Gasteiger partial charge in [-0.1, -0.05) is 40.2 Å². The summed E-state index contributed by atoms with van der Waals surface area (Å²) in [6, 6.07) is 10.1. The van der Waals surface area contributed by atoms with Crippen molar-refractivity contribution in [2.75, 3.05) is 0 Å². The lowest BCUT2D eigenvalue weighted by Crippen LogP contribution is -2.09. The number of rotatable bonds is 5. The summed E-state index contributed by atoms with van der Waals surface area (Å²) in [7, 11) is 0. The molecule has 0 amide bonds. The number of hydrogen-bond donors (Lipinski definition) is 1. The summed E-state index contributed by atoms with van der Waals surface area (Å²) in [5.41, 5.74) is 0.921. The lowest BCUT2D eigenvalue weighted by atomic mass is 10.0. The molecular weight excluding hydrogens is 349 g/mol. The van der Waals surface area contributed by atoms with Crippen molar-refractivity contribution in [1.82, 2.24) is 0 Å². The van der Waals surface area contributed by atoms with Gasteiger partial charge in [-0.3, -0.25) is 0 Å². The van der Waals surface area contributed by atoms with E-state index in [4.69, 9.17) is 0 Å². The summed E-state index contributed by atoms with van der Waals surface area (Å²) in [6.45, 7) is -2.96. The number of alkyl halides is 2. The van der Waals surface area contributed by atoms with Crippen molar-refractivity contribution < 1.29 is 23.0 Å². The van der Waals surface area contributed by atoms with Crippen molar-refractivity contribution in [3.05, 3.63) is 63.9 Å². The first-order valence-electron chi connectivity index (χ1n) is 6.13. The fraction of sp³-hybridized carbons (Fsp3) is 0.200. The SMILES string of the molecule is OC(Cc1ccc(F)cc1Br)c1ccccc1OC(F)F. The fourth-order valence-electron chi connectivity index (χ4n) is 1.96. The van der Waals surface area contributed by atoms with E-state index in [1.807, 2.05) is 0 Å². The first kappa shape index (κ1) is 15.9. The number of ether oxygens (including phenoxy) is 1. The largest absolute Gasteiger partial charge is 0.434 e. The Morgan fingerprint density at radius 3 is 2.52 bits per heavy atom. The molecule has 0 bridgehead atoms. The highest BCUT2D eigenvalue weighted by molar-refractivity contribution is 9.10. The van der Waals surface area contributed by atoms with E-state index < -0.39 is 18.5 Å². The van der Waals surface area contributed by atoms with E-state index >= 15 is 0 Å². The Morgan fingerprint density at radius 2 is 1.86 bits per heavy atom. The van der Waals surface area contributed by atoms with Crippen molar-refractivity contribution in [3.8, 4) is 5.75 Å². The molecule has 0 saturated carbocycles. The number of halogens is 4. The van der Waals surface area contributed by atoms with Gasteiger partial charge in [0.2, 0.25) is 0 Å². The highest BCUT2D eigenvalue weighted by atomic mass is 79.9. The Labute approximate surface area is 128 Å². The van der Waals surface area contributed by atoms with Crippen LogP contribution >= 0.6 is 15.9 Å².